The maximum atomic E-state index is 4.51. The Bertz CT molecular complexity index is 530. The summed E-state index contributed by atoms with van der Waals surface area (Å²) in [6.07, 6.45) is 7.16. The molecule has 1 N–H and O–H groups in total. The van der Waals surface area contributed by atoms with Crippen LogP contribution >= 0.6 is 0 Å². The Kier molecular flexibility index (Phi) is 3.18. The number of nitrogens with one attached hydrogen (secondary N) is 1. The van der Waals surface area contributed by atoms with Crippen LogP contribution < -0.4 is 5.32 Å². The standard InChI is InChI=1S/C16H20N2/c1-2-12-6-3-9-14(12)18-15-10-4-7-13-8-5-11-17-16(13)15/h4-5,7-8,10-12,14,18H,2-3,6,9H2,1H3. The van der Waals surface area contributed by atoms with Crippen LogP contribution in [0.5, 0.6) is 0 Å². The molecule has 0 saturated heterocycles. The van der Waals surface area contributed by atoms with Gasteiger partial charge >= 0.3 is 0 Å². The molecule has 0 radical (unpaired) electrons. The molecule has 0 aliphatic heterocycles. The van der Waals surface area contributed by atoms with Crippen molar-refractivity contribution < 1.29 is 0 Å². The summed E-state index contributed by atoms with van der Waals surface area (Å²) in [5.41, 5.74) is 2.29. The van der Waals surface area contributed by atoms with E-state index in [1.54, 1.807) is 0 Å². The van der Waals surface area contributed by atoms with Gasteiger partial charge < -0.3 is 5.32 Å². The van der Waals surface area contributed by atoms with E-state index in [0.29, 0.717) is 6.04 Å². The van der Waals surface area contributed by atoms with Crippen molar-refractivity contribution >= 4 is 16.6 Å². The Morgan fingerprint density at radius 1 is 1.22 bits per heavy atom. The number of anilines is 1. The molecule has 2 heteroatoms. The lowest BCUT2D eigenvalue weighted by Crippen LogP contribution is -2.23. The molecular formula is C16H20N2. The molecule has 0 bridgehead atoms. The number of hydrogen-bond donors (Lipinski definition) is 1. The molecule has 1 heterocycles. The van der Waals surface area contributed by atoms with Gasteiger partial charge in [0.1, 0.15) is 0 Å². The molecule has 1 fully saturated rings. The molecule has 1 aliphatic rings. The summed E-state index contributed by atoms with van der Waals surface area (Å²) in [4.78, 5) is 4.51. The number of benzene rings is 1. The summed E-state index contributed by atoms with van der Waals surface area (Å²) in [6.45, 7) is 2.30. The molecule has 1 aliphatic carbocycles. The van der Waals surface area contributed by atoms with E-state index >= 15 is 0 Å². The van der Waals surface area contributed by atoms with Crippen molar-refractivity contribution in [2.45, 2.75) is 38.6 Å². The third-order valence-electron chi connectivity index (χ3n) is 4.16. The fourth-order valence-electron chi connectivity index (χ4n) is 3.14. The van der Waals surface area contributed by atoms with Gasteiger partial charge in [-0.25, -0.2) is 0 Å². The summed E-state index contributed by atoms with van der Waals surface area (Å²) < 4.78 is 0. The molecular weight excluding hydrogens is 220 g/mol. The SMILES string of the molecule is CCC1CCCC1Nc1cccc2cccnc12. The zero-order valence-corrected chi connectivity index (χ0v) is 10.9. The number of pyridine rings is 1. The van der Waals surface area contributed by atoms with Crippen molar-refractivity contribution in [2.75, 3.05) is 5.32 Å². The fraction of sp³-hybridized carbons (Fsp3) is 0.438. The second kappa shape index (κ2) is 4.97. The van der Waals surface area contributed by atoms with Crippen molar-refractivity contribution in [3.63, 3.8) is 0 Å². The highest BCUT2D eigenvalue weighted by Gasteiger charge is 2.25. The Hall–Kier alpha value is -1.57. The van der Waals surface area contributed by atoms with Gasteiger partial charge in [0.2, 0.25) is 0 Å². The fourth-order valence-corrected chi connectivity index (χ4v) is 3.14. The molecule has 18 heavy (non-hydrogen) atoms. The molecule has 2 unspecified atom stereocenters. The van der Waals surface area contributed by atoms with Gasteiger partial charge in [-0.3, -0.25) is 4.98 Å². The molecule has 1 aromatic heterocycles. The summed E-state index contributed by atoms with van der Waals surface area (Å²) in [6, 6.07) is 11.1. The van der Waals surface area contributed by atoms with Gasteiger partial charge in [0.15, 0.2) is 0 Å². The van der Waals surface area contributed by atoms with E-state index in [0.717, 1.165) is 11.4 Å². The van der Waals surface area contributed by atoms with Crippen molar-refractivity contribution in [2.24, 2.45) is 5.92 Å². The van der Waals surface area contributed by atoms with Gasteiger partial charge in [-0.2, -0.15) is 0 Å². The maximum absolute atomic E-state index is 4.51. The van der Waals surface area contributed by atoms with E-state index in [2.05, 4.69) is 41.5 Å². The van der Waals surface area contributed by atoms with Gasteiger partial charge in [-0.1, -0.05) is 38.0 Å². The van der Waals surface area contributed by atoms with Crippen LogP contribution in [0.3, 0.4) is 0 Å². The highest BCUT2D eigenvalue weighted by Crippen LogP contribution is 2.32. The molecule has 0 amide bonds. The van der Waals surface area contributed by atoms with Crippen LogP contribution in [0, 0.1) is 5.92 Å². The van der Waals surface area contributed by atoms with Gasteiger partial charge in [-0.15, -0.1) is 0 Å². The first-order chi connectivity index (χ1) is 8.88. The van der Waals surface area contributed by atoms with Crippen molar-refractivity contribution in [1.82, 2.24) is 4.98 Å². The van der Waals surface area contributed by atoms with Crippen molar-refractivity contribution in [3.05, 3.63) is 36.5 Å². The highest BCUT2D eigenvalue weighted by atomic mass is 14.9. The van der Waals surface area contributed by atoms with Crippen LogP contribution in [-0.2, 0) is 0 Å². The number of nitrogens with zero attached hydrogens (tertiary/aromatic N) is 1. The molecule has 94 valence electrons. The van der Waals surface area contributed by atoms with Crippen molar-refractivity contribution in [3.8, 4) is 0 Å². The number of fused-ring (bicyclic) bond motifs is 1. The first-order valence-electron chi connectivity index (χ1n) is 6.99. The van der Waals surface area contributed by atoms with Gasteiger partial charge in [0, 0.05) is 17.6 Å². The van der Waals surface area contributed by atoms with E-state index in [9.17, 15) is 0 Å². The minimum atomic E-state index is 0.627. The van der Waals surface area contributed by atoms with E-state index in [-0.39, 0.29) is 0 Å². The van der Waals surface area contributed by atoms with Crippen LogP contribution in [0.25, 0.3) is 10.9 Å². The van der Waals surface area contributed by atoms with E-state index < -0.39 is 0 Å². The van der Waals surface area contributed by atoms with E-state index in [1.165, 1.54) is 36.8 Å². The predicted molar refractivity (Wildman–Crippen MR) is 76.8 cm³/mol. The lowest BCUT2D eigenvalue weighted by Gasteiger charge is -2.21. The second-order valence-electron chi connectivity index (χ2n) is 5.23. The third-order valence-corrected chi connectivity index (χ3v) is 4.16. The Labute approximate surface area is 108 Å². The van der Waals surface area contributed by atoms with Gasteiger partial charge in [0.25, 0.3) is 0 Å². The van der Waals surface area contributed by atoms with E-state index in [1.807, 2.05) is 12.3 Å². The Morgan fingerprint density at radius 2 is 2.11 bits per heavy atom. The minimum absolute atomic E-state index is 0.627. The topological polar surface area (TPSA) is 24.9 Å². The van der Waals surface area contributed by atoms with Gasteiger partial charge in [-0.05, 0) is 30.9 Å². The lowest BCUT2D eigenvalue weighted by atomic mass is 10.0. The van der Waals surface area contributed by atoms with Gasteiger partial charge in [0.05, 0.1) is 11.2 Å². The number of aromatic nitrogens is 1. The van der Waals surface area contributed by atoms with E-state index in [4.69, 9.17) is 0 Å². The van der Waals surface area contributed by atoms with Crippen LogP contribution in [0.4, 0.5) is 5.69 Å². The average molecular weight is 240 g/mol. The summed E-state index contributed by atoms with van der Waals surface area (Å²) in [7, 11) is 0. The molecule has 1 saturated carbocycles. The summed E-state index contributed by atoms with van der Waals surface area (Å²) in [5, 5.41) is 4.94. The first kappa shape index (κ1) is 11.5. The monoisotopic (exact) mass is 240 g/mol. The Balaban J connectivity index is 1.90. The number of para-hydroxylation sites is 1. The van der Waals surface area contributed by atoms with Crippen LogP contribution in [0.1, 0.15) is 32.6 Å². The van der Waals surface area contributed by atoms with Crippen LogP contribution in [0.15, 0.2) is 36.5 Å². The molecule has 3 rings (SSSR count). The molecule has 1 aromatic carbocycles. The largest absolute Gasteiger partial charge is 0.380 e. The second-order valence-corrected chi connectivity index (χ2v) is 5.23. The normalized spacial score (nSPS) is 23.4. The number of hydrogen-bond acceptors (Lipinski definition) is 2. The molecule has 2 nitrogen and oxygen atoms in total. The van der Waals surface area contributed by atoms with Crippen LogP contribution in [-0.4, -0.2) is 11.0 Å². The predicted octanol–water partition coefficient (Wildman–Crippen LogP) is 4.23. The maximum Gasteiger partial charge on any atom is 0.0933 e. The molecule has 2 atom stereocenters. The third kappa shape index (κ3) is 2.07. The minimum Gasteiger partial charge on any atom is -0.380 e. The number of rotatable bonds is 3. The zero-order chi connectivity index (χ0) is 12.4. The molecule has 0 spiro atoms. The zero-order valence-electron chi connectivity index (χ0n) is 10.9. The van der Waals surface area contributed by atoms with Crippen molar-refractivity contribution in [1.29, 1.82) is 0 Å². The highest BCUT2D eigenvalue weighted by molar-refractivity contribution is 5.90. The average Bonchev–Trinajstić information content (AvgIpc) is 2.86. The Morgan fingerprint density at radius 3 is 3.00 bits per heavy atom. The lowest BCUT2D eigenvalue weighted by molar-refractivity contribution is 0.489. The molecule has 2 aromatic rings. The quantitative estimate of drug-likeness (QED) is 0.868. The van der Waals surface area contributed by atoms with Crippen LogP contribution in [0.2, 0.25) is 0 Å². The summed E-state index contributed by atoms with van der Waals surface area (Å²) in [5.74, 6) is 0.823. The summed E-state index contributed by atoms with van der Waals surface area (Å²) >= 11 is 0. The first-order valence-corrected chi connectivity index (χ1v) is 6.99. The smallest absolute Gasteiger partial charge is 0.0933 e.